The summed E-state index contributed by atoms with van der Waals surface area (Å²) in [4.78, 5) is 16.9. The molecule has 0 fully saturated rings. The summed E-state index contributed by atoms with van der Waals surface area (Å²) < 4.78 is 1.03. The predicted octanol–water partition coefficient (Wildman–Crippen LogP) is 5.91. The lowest BCUT2D eigenvalue weighted by Gasteiger charge is -2.04. The number of aromatic nitrogens is 1. The summed E-state index contributed by atoms with van der Waals surface area (Å²) in [6.45, 7) is 0. The number of hydrogen-bond acceptors (Lipinski definition) is 3. The third-order valence-electron chi connectivity index (χ3n) is 4.07. The van der Waals surface area contributed by atoms with E-state index in [4.69, 9.17) is 0 Å². The van der Waals surface area contributed by atoms with Crippen LogP contribution in [0.15, 0.2) is 76.6 Å². The van der Waals surface area contributed by atoms with Crippen molar-refractivity contribution in [3.05, 3.63) is 82.1 Å². The average molecular weight is 423 g/mol. The van der Waals surface area contributed by atoms with Gasteiger partial charge in [0.1, 0.15) is 0 Å². The van der Waals surface area contributed by atoms with Gasteiger partial charge in [-0.1, -0.05) is 70.5 Å². The quantitative estimate of drug-likeness (QED) is 0.444. The van der Waals surface area contributed by atoms with E-state index in [0.717, 1.165) is 26.7 Å². The Balaban J connectivity index is 1.45. The molecule has 0 saturated heterocycles. The first-order valence-electron chi connectivity index (χ1n) is 8.16. The number of nitrogens with one attached hydrogen (secondary N) is 1. The maximum Gasteiger partial charge on any atom is 0.230 e. The molecule has 3 nitrogen and oxygen atoms in total. The van der Waals surface area contributed by atoms with E-state index in [1.54, 1.807) is 0 Å². The monoisotopic (exact) mass is 422 g/mol. The molecule has 0 aliphatic carbocycles. The molecular weight excluding hydrogens is 408 g/mol. The van der Waals surface area contributed by atoms with Gasteiger partial charge in [0.05, 0.1) is 12.1 Å². The number of thiazole rings is 1. The highest BCUT2D eigenvalue weighted by Gasteiger charge is 2.09. The molecule has 1 amide bonds. The van der Waals surface area contributed by atoms with Gasteiger partial charge in [-0.05, 0) is 28.5 Å². The first kappa shape index (κ1) is 16.9. The maximum absolute atomic E-state index is 12.4. The van der Waals surface area contributed by atoms with Crippen LogP contribution < -0.4 is 5.32 Å². The van der Waals surface area contributed by atoms with Crippen LogP contribution in [0.2, 0.25) is 0 Å². The summed E-state index contributed by atoms with van der Waals surface area (Å²) in [6.07, 6.45) is 0.331. The van der Waals surface area contributed by atoms with E-state index in [-0.39, 0.29) is 5.91 Å². The lowest BCUT2D eigenvalue weighted by molar-refractivity contribution is -0.115. The van der Waals surface area contributed by atoms with Crippen molar-refractivity contribution >= 4 is 49.1 Å². The molecule has 0 bridgehead atoms. The van der Waals surface area contributed by atoms with Gasteiger partial charge in [-0.2, -0.15) is 0 Å². The molecule has 0 unspecified atom stereocenters. The summed E-state index contributed by atoms with van der Waals surface area (Å²) in [7, 11) is 0. The smallest absolute Gasteiger partial charge is 0.230 e. The van der Waals surface area contributed by atoms with Crippen LogP contribution in [0.25, 0.3) is 22.0 Å². The van der Waals surface area contributed by atoms with E-state index in [9.17, 15) is 4.79 Å². The van der Waals surface area contributed by atoms with Crippen molar-refractivity contribution in [2.75, 3.05) is 5.32 Å². The largest absolute Gasteiger partial charge is 0.302 e. The summed E-state index contributed by atoms with van der Waals surface area (Å²) in [5, 5.41) is 7.79. The molecule has 26 heavy (non-hydrogen) atoms. The Morgan fingerprint density at radius 2 is 1.77 bits per heavy atom. The number of anilines is 1. The molecule has 4 aromatic rings. The molecule has 128 valence electrons. The van der Waals surface area contributed by atoms with Crippen molar-refractivity contribution in [3.63, 3.8) is 0 Å². The molecule has 1 N–H and O–H groups in total. The average Bonchev–Trinajstić information content (AvgIpc) is 3.10. The van der Waals surface area contributed by atoms with Gasteiger partial charge in [0, 0.05) is 15.4 Å². The van der Waals surface area contributed by atoms with Crippen LogP contribution in [0.4, 0.5) is 5.13 Å². The summed E-state index contributed by atoms with van der Waals surface area (Å²) in [5.74, 6) is -0.0583. The first-order chi connectivity index (χ1) is 12.7. The fourth-order valence-corrected chi connectivity index (χ4v) is 3.78. The van der Waals surface area contributed by atoms with Crippen molar-refractivity contribution < 1.29 is 4.79 Å². The minimum absolute atomic E-state index is 0.0583. The number of carbonyl (C=O) groups excluding carboxylic acids is 1. The van der Waals surface area contributed by atoms with E-state index < -0.39 is 0 Å². The van der Waals surface area contributed by atoms with Crippen molar-refractivity contribution in [2.45, 2.75) is 6.42 Å². The molecule has 0 aliphatic rings. The van der Waals surface area contributed by atoms with Gasteiger partial charge >= 0.3 is 0 Å². The van der Waals surface area contributed by atoms with Gasteiger partial charge in [0.15, 0.2) is 5.13 Å². The Morgan fingerprint density at radius 1 is 1.00 bits per heavy atom. The Kier molecular flexibility index (Phi) is 4.82. The van der Waals surface area contributed by atoms with Crippen LogP contribution in [0, 0.1) is 0 Å². The Bertz CT molecular complexity index is 1070. The number of rotatable bonds is 4. The van der Waals surface area contributed by atoms with Crippen LogP contribution in [-0.4, -0.2) is 10.9 Å². The molecule has 1 heterocycles. The van der Waals surface area contributed by atoms with E-state index in [1.807, 2.05) is 53.9 Å². The molecule has 1 aromatic heterocycles. The van der Waals surface area contributed by atoms with E-state index >= 15 is 0 Å². The minimum atomic E-state index is -0.0583. The Hall–Kier alpha value is -2.50. The van der Waals surface area contributed by atoms with E-state index in [1.165, 1.54) is 16.7 Å². The number of nitrogens with zero attached hydrogens (tertiary/aromatic N) is 1. The highest BCUT2D eigenvalue weighted by molar-refractivity contribution is 9.10. The van der Waals surface area contributed by atoms with Crippen molar-refractivity contribution in [1.82, 2.24) is 4.98 Å². The number of amides is 1. The Morgan fingerprint density at radius 3 is 2.58 bits per heavy atom. The number of carbonyl (C=O) groups is 1. The van der Waals surface area contributed by atoms with E-state index in [2.05, 4.69) is 44.4 Å². The Labute approximate surface area is 163 Å². The van der Waals surface area contributed by atoms with Crippen molar-refractivity contribution in [2.24, 2.45) is 0 Å². The minimum Gasteiger partial charge on any atom is -0.302 e. The van der Waals surface area contributed by atoms with Gasteiger partial charge in [0.2, 0.25) is 5.91 Å². The lowest BCUT2D eigenvalue weighted by atomic mass is 10.1. The van der Waals surface area contributed by atoms with Crippen LogP contribution in [0.5, 0.6) is 0 Å². The van der Waals surface area contributed by atoms with Gasteiger partial charge < -0.3 is 5.32 Å². The molecule has 3 aromatic carbocycles. The third-order valence-corrected chi connectivity index (χ3v) is 5.36. The zero-order valence-electron chi connectivity index (χ0n) is 13.8. The maximum atomic E-state index is 12.4. The van der Waals surface area contributed by atoms with Crippen molar-refractivity contribution in [3.8, 4) is 11.3 Å². The topological polar surface area (TPSA) is 42.0 Å². The standard InChI is InChI=1S/C21H15BrN2OS/c22-18-9-7-16(8-10-18)19-13-26-21(23-19)24-20(25)12-14-5-6-15-3-1-2-4-17(15)11-14/h1-11,13H,12H2,(H,23,24,25). The summed E-state index contributed by atoms with van der Waals surface area (Å²) in [6, 6.07) is 22.2. The van der Waals surface area contributed by atoms with Crippen LogP contribution in [-0.2, 0) is 11.2 Å². The summed E-state index contributed by atoms with van der Waals surface area (Å²) in [5.41, 5.74) is 2.88. The normalized spacial score (nSPS) is 10.8. The summed E-state index contributed by atoms with van der Waals surface area (Å²) >= 11 is 4.86. The molecular formula is C21H15BrN2OS. The SMILES string of the molecule is O=C(Cc1ccc2ccccc2c1)Nc1nc(-c2ccc(Br)cc2)cs1. The van der Waals surface area contributed by atoms with Crippen LogP contribution >= 0.6 is 27.3 Å². The van der Waals surface area contributed by atoms with E-state index in [0.29, 0.717) is 11.6 Å². The molecule has 0 atom stereocenters. The third kappa shape index (κ3) is 3.84. The first-order valence-corrected chi connectivity index (χ1v) is 9.84. The van der Waals surface area contributed by atoms with Gasteiger partial charge in [0.25, 0.3) is 0 Å². The molecule has 0 spiro atoms. The predicted molar refractivity (Wildman–Crippen MR) is 112 cm³/mol. The second kappa shape index (κ2) is 7.40. The van der Waals surface area contributed by atoms with Crippen molar-refractivity contribution in [1.29, 1.82) is 0 Å². The molecule has 4 rings (SSSR count). The zero-order chi connectivity index (χ0) is 17.9. The second-order valence-electron chi connectivity index (χ2n) is 5.95. The van der Waals surface area contributed by atoms with Gasteiger partial charge in [-0.25, -0.2) is 4.98 Å². The number of halogens is 1. The molecule has 0 radical (unpaired) electrons. The number of fused-ring (bicyclic) bond motifs is 1. The highest BCUT2D eigenvalue weighted by atomic mass is 79.9. The zero-order valence-corrected chi connectivity index (χ0v) is 16.2. The second-order valence-corrected chi connectivity index (χ2v) is 7.73. The number of benzene rings is 3. The van der Waals surface area contributed by atoms with Gasteiger partial charge in [-0.3, -0.25) is 4.79 Å². The number of hydrogen-bond donors (Lipinski definition) is 1. The van der Waals surface area contributed by atoms with Gasteiger partial charge in [-0.15, -0.1) is 11.3 Å². The lowest BCUT2D eigenvalue weighted by Crippen LogP contribution is -2.14. The molecule has 0 aliphatic heterocycles. The fourth-order valence-electron chi connectivity index (χ4n) is 2.78. The van der Waals surface area contributed by atoms with Crippen LogP contribution in [0.3, 0.4) is 0 Å². The van der Waals surface area contributed by atoms with Crippen LogP contribution in [0.1, 0.15) is 5.56 Å². The highest BCUT2D eigenvalue weighted by Crippen LogP contribution is 2.26. The molecule has 0 saturated carbocycles. The fraction of sp³-hybridized carbons (Fsp3) is 0.0476. The molecule has 5 heteroatoms.